The van der Waals surface area contributed by atoms with Crippen molar-refractivity contribution in [2.75, 3.05) is 12.4 Å². The Bertz CT molecular complexity index is 860. The van der Waals surface area contributed by atoms with Crippen molar-refractivity contribution in [2.24, 2.45) is 0 Å². The maximum absolute atomic E-state index is 12.4. The fourth-order valence-electron chi connectivity index (χ4n) is 2.28. The molecule has 5 heteroatoms. The summed E-state index contributed by atoms with van der Waals surface area (Å²) >= 11 is 0. The van der Waals surface area contributed by atoms with Gasteiger partial charge in [0.1, 0.15) is 5.75 Å². The summed E-state index contributed by atoms with van der Waals surface area (Å²) in [5, 5.41) is 11.1. The molecule has 1 heterocycles. The van der Waals surface area contributed by atoms with Crippen LogP contribution in [0.2, 0.25) is 0 Å². The van der Waals surface area contributed by atoms with Crippen molar-refractivity contribution in [2.45, 2.75) is 6.92 Å². The Morgan fingerprint density at radius 1 is 1.00 bits per heavy atom. The molecule has 5 nitrogen and oxygen atoms in total. The van der Waals surface area contributed by atoms with Gasteiger partial charge in [-0.3, -0.25) is 4.79 Å². The molecule has 120 valence electrons. The van der Waals surface area contributed by atoms with E-state index in [9.17, 15) is 4.79 Å². The van der Waals surface area contributed by atoms with Crippen molar-refractivity contribution in [3.63, 3.8) is 0 Å². The number of benzene rings is 2. The molecule has 0 aliphatic carbocycles. The van der Waals surface area contributed by atoms with Gasteiger partial charge in [-0.25, -0.2) is 0 Å². The smallest absolute Gasteiger partial charge is 0.255 e. The van der Waals surface area contributed by atoms with Gasteiger partial charge >= 0.3 is 0 Å². The zero-order valence-corrected chi connectivity index (χ0v) is 13.5. The maximum Gasteiger partial charge on any atom is 0.255 e. The van der Waals surface area contributed by atoms with Gasteiger partial charge in [-0.2, -0.15) is 10.2 Å². The third-order valence-corrected chi connectivity index (χ3v) is 3.55. The highest BCUT2D eigenvalue weighted by atomic mass is 16.5. The number of anilines is 1. The molecule has 0 radical (unpaired) electrons. The second-order valence-corrected chi connectivity index (χ2v) is 5.33. The molecule has 1 amide bonds. The quantitative estimate of drug-likeness (QED) is 0.796. The highest BCUT2D eigenvalue weighted by Crippen LogP contribution is 2.21. The summed E-state index contributed by atoms with van der Waals surface area (Å²) in [4.78, 5) is 12.4. The van der Waals surface area contributed by atoms with Gasteiger partial charge in [0.2, 0.25) is 0 Å². The molecule has 0 atom stereocenters. The predicted octanol–water partition coefficient (Wildman–Crippen LogP) is 3.71. The molecule has 0 aliphatic heterocycles. The average Bonchev–Trinajstić information content (AvgIpc) is 2.62. The molecule has 2 aromatic carbocycles. The minimum Gasteiger partial charge on any atom is -0.497 e. The molecule has 1 aromatic heterocycles. The number of carbonyl (C=O) groups excluding carboxylic acids is 1. The van der Waals surface area contributed by atoms with Crippen LogP contribution in [0.5, 0.6) is 5.75 Å². The van der Waals surface area contributed by atoms with Crippen LogP contribution in [-0.4, -0.2) is 23.2 Å². The van der Waals surface area contributed by atoms with E-state index in [-0.39, 0.29) is 5.91 Å². The van der Waals surface area contributed by atoms with Gasteiger partial charge in [0, 0.05) is 16.8 Å². The first kappa shape index (κ1) is 15.7. The molecule has 3 aromatic rings. The highest BCUT2D eigenvalue weighted by Gasteiger charge is 2.08. The Labute approximate surface area is 140 Å². The lowest BCUT2D eigenvalue weighted by Crippen LogP contribution is -2.11. The number of nitrogens with one attached hydrogen (secondary N) is 1. The van der Waals surface area contributed by atoms with Crippen LogP contribution in [0.15, 0.2) is 60.7 Å². The molecule has 0 fully saturated rings. The number of amides is 1. The molecular formula is C19H17N3O2. The van der Waals surface area contributed by atoms with Gasteiger partial charge in [-0.15, -0.1) is 0 Å². The number of rotatable bonds is 4. The van der Waals surface area contributed by atoms with Crippen LogP contribution < -0.4 is 10.1 Å². The highest BCUT2D eigenvalue weighted by molar-refractivity contribution is 6.04. The summed E-state index contributed by atoms with van der Waals surface area (Å²) in [6.07, 6.45) is 0. The van der Waals surface area contributed by atoms with E-state index in [4.69, 9.17) is 4.74 Å². The monoisotopic (exact) mass is 319 g/mol. The minimum atomic E-state index is -0.193. The van der Waals surface area contributed by atoms with Crippen LogP contribution in [0.25, 0.3) is 11.3 Å². The van der Waals surface area contributed by atoms with Crippen LogP contribution in [0, 0.1) is 6.92 Å². The van der Waals surface area contributed by atoms with Gasteiger partial charge < -0.3 is 10.1 Å². The van der Waals surface area contributed by atoms with E-state index in [0.717, 1.165) is 17.0 Å². The molecule has 0 aliphatic rings. The Balaban J connectivity index is 1.81. The van der Waals surface area contributed by atoms with Crippen molar-refractivity contribution < 1.29 is 9.53 Å². The van der Waals surface area contributed by atoms with E-state index in [1.165, 1.54) is 0 Å². The van der Waals surface area contributed by atoms with Gasteiger partial charge in [0.15, 0.2) is 0 Å². The average molecular weight is 319 g/mol. The standard InChI is InChI=1S/C19H17N3O2/c1-13-9-10-18(22-21-13)14-5-3-7-16(11-14)20-19(23)15-6-4-8-17(12-15)24-2/h3-12H,1-2H3,(H,20,23). The van der Waals surface area contributed by atoms with E-state index in [0.29, 0.717) is 17.0 Å². The molecule has 0 bridgehead atoms. The number of methoxy groups -OCH3 is 1. The number of hydrogen-bond acceptors (Lipinski definition) is 4. The second-order valence-electron chi connectivity index (χ2n) is 5.33. The van der Waals surface area contributed by atoms with Crippen LogP contribution in [0.1, 0.15) is 16.1 Å². The molecule has 0 saturated carbocycles. The lowest BCUT2D eigenvalue weighted by molar-refractivity contribution is 0.102. The van der Waals surface area contributed by atoms with E-state index in [2.05, 4.69) is 15.5 Å². The van der Waals surface area contributed by atoms with Crippen LogP contribution >= 0.6 is 0 Å². The van der Waals surface area contributed by atoms with Crippen molar-refractivity contribution >= 4 is 11.6 Å². The van der Waals surface area contributed by atoms with Crippen LogP contribution in [0.4, 0.5) is 5.69 Å². The van der Waals surface area contributed by atoms with Crippen molar-refractivity contribution in [3.8, 4) is 17.0 Å². The number of hydrogen-bond donors (Lipinski definition) is 1. The van der Waals surface area contributed by atoms with Crippen LogP contribution in [-0.2, 0) is 0 Å². The summed E-state index contributed by atoms with van der Waals surface area (Å²) in [5.74, 6) is 0.451. The largest absolute Gasteiger partial charge is 0.497 e. The fourth-order valence-corrected chi connectivity index (χ4v) is 2.28. The summed E-state index contributed by atoms with van der Waals surface area (Å²) < 4.78 is 5.15. The Morgan fingerprint density at radius 2 is 1.83 bits per heavy atom. The van der Waals surface area contributed by atoms with E-state index in [1.807, 2.05) is 43.3 Å². The van der Waals surface area contributed by atoms with E-state index in [1.54, 1.807) is 31.4 Å². The van der Waals surface area contributed by atoms with Gasteiger partial charge in [0.25, 0.3) is 5.91 Å². The number of carbonyl (C=O) groups is 1. The molecular weight excluding hydrogens is 302 g/mol. The molecule has 3 rings (SSSR count). The van der Waals surface area contributed by atoms with Crippen LogP contribution in [0.3, 0.4) is 0 Å². The molecule has 0 unspecified atom stereocenters. The van der Waals surface area contributed by atoms with E-state index >= 15 is 0 Å². The lowest BCUT2D eigenvalue weighted by Gasteiger charge is -2.08. The number of nitrogens with zero attached hydrogens (tertiary/aromatic N) is 2. The first-order valence-corrected chi connectivity index (χ1v) is 7.52. The van der Waals surface area contributed by atoms with Crippen molar-refractivity contribution in [1.29, 1.82) is 0 Å². The Morgan fingerprint density at radius 3 is 2.58 bits per heavy atom. The van der Waals surface area contributed by atoms with Gasteiger partial charge in [0.05, 0.1) is 18.5 Å². The predicted molar refractivity (Wildman–Crippen MR) is 93.2 cm³/mol. The summed E-state index contributed by atoms with van der Waals surface area (Å²) in [6, 6.07) is 18.4. The summed E-state index contributed by atoms with van der Waals surface area (Å²) in [6.45, 7) is 1.89. The zero-order chi connectivity index (χ0) is 16.9. The maximum atomic E-state index is 12.4. The number of aryl methyl sites for hydroxylation is 1. The summed E-state index contributed by atoms with van der Waals surface area (Å²) in [7, 11) is 1.57. The van der Waals surface area contributed by atoms with Crippen molar-refractivity contribution in [1.82, 2.24) is 10.2 Å². The summed E-state index contributed by atoms with van der Waals surface area (Å²) in [5.41, 5.74) is 3.75. The first-order valence-electron chi connectivity index (χ1n) is 7.52. The minimum absolute atomic E-state index is 0.193. The third kappa shape index (κ3) is 3.57. The number of ether oxygens (including phenoxy) is 1. The molecule has 1 N–H and O–H groups in total. The Kier molecular flexibility index (Phi) is 4.52. The fraction of sp³-hybridized carbons (Fsp3) is 0.105. The SMILES string of the molecule is COc1cccc(C(=O)Nc2cccc(-c3ccc(C)nn3)c2)c1. The molecule has 0 saturated heterocycles. The van der Waals surface area contributed by atoms with Gasteiger partial charge in [-0.05, 0) is 49.4 Å². The topological polar surface area (TPSA) is 64.1 Å². The molecule has 0 spiro atoms. The first-order chi connectivity index (χ1) is 11.7. The zero-order valence-electron chi connectivity index (χ0n) is 13.5. The Hall–Kier alpha value is -3.21. The number of aromatic nitrogens is 2. The van der Waals surface area contributed by atoms with E-state index < -0.39 is 0 Å². The van der Waals surface area contributed by atoms with Crippen molar-refractivity contribution in [3.05, 3.63) is 71.9 Å². The second kappa shape index (κ2) is 6.91. The molecule has 24 heavy (non-hydrogen) atoms. The lowest BCUT2D eigenvalue weighted by atomic mass is 10.1. The third-order valence-electron chi connectivity index (χ3n) is 3.55. The van der Waals surface area contributed by atoms with Gasteiger partial charge in [-0.1, -0.05) is 18.2 Å². The normalized spacial score (nSPS) is 10.2.